The van der Waals surface area contributed by atoms with Crippen LogP contribution in [-0.2, 0) is 0 Å². The molecule has 2 rings (SSSR count). The Labute approximate surface area is 117 Å². The molecule has 1 aliphatic heterocycles. The highest BCUT2D eigenvalue weighted by Crippen LogP contribution is 2.33. The van der Waals surface area contributed by atoms with E-state index in [9.17, 15) is 4.39 Å². The molecule has 0 spiro atoms. The Morgan fingerprint density at radius 1 is 1.10 bits per heavy atom. The van der Waals surface area contributed by atoms with Crippen molar-refractivity contribution in [1.29, 1.82) is 0 Å². The van der Waals surface area contributed by atoms with E-state index in [2.05, 4.69) is 9.98 Å². The molecule has 6 nitrogen and oxygen atoms in total. The summed E-state index contributed by atoms with van der Waals surface area (Å²) in [6.07, 6.45) is 3.25. The number of para-hydroxylation sites is 1. The first-order valence-electron chi connectivity index (χ1n) is 6.55. The van der Waals surface area contributed by atoms with Crippen LogP contribution in [0.4, 0.5) is 15.8 Å². The summed E-state index contributed by atoms with van der Waals surface area (Å²) >= 11 is 0. The van der Waals surface area contributed by atoms with Crippen LogP contribution >= 0.6 is 0 Å². The second kappa shape index (κ2) is 6.23. The fourth-order valence-electron chi connectivity index (χ4n) is 2.31. The Bertz CT molecular complexity index is 530. The molecule has 1 aromatic carbocycles. The maximum Gasteiger partial charge on any atom is 0.223 e. The van der Waals surface area contributed by atoms with E-state index in [1.54, 1.807) is 12.1 Å². The summed E-state index contributed by atoms with van der Waals surface area (Å²) in [4.78, 5) is 9.73. The van der Waals surface area contributed by atoms with E-state index < -0.39 is 0 Å². The monoisotopic (exact) mass is 278 g/mol. The number of hydrogen-bond donors (Lipinski definition) is 3. The van der Waals surface area contributed by atoms with Gasteiger partial charge in [0.1, 0.15) is 5.82 Å². The second-order valence-electron chi connectivity index (χ2n) is 4.66. The fourth-order valence-corrected chi connectivity index (χ4v) is 2.31. The molecule has 0 aromatic heterocycles. The van der Waals surface area contributed by atoms with Crippen LogP contribution in [-0.4, -0.2) is 25.0 Å². The quantitative estimate of drug-likeness (QED) is 0.555. The molecule has 0 radical (unpaired) electrons. The minimum Gasteiger partial charge on any atom is -0.370 e. The highest BCUT2D eigenvalue weighted by atomic mass is 19.1. The van der Waals surface area contributed by atoms with Crippen LogP contribution in [0.25, 0.3) is 0 Å². The maximum atomic E-state index is 14.1. The van der Waals surface area contributed by atoms with Gasteiger partial charge in [0.25, 0.3) is 0 Å². The molecule has 0 aliphatic carbocycles. The number of nitrogens with two attached hydrogens (primary N) is 3. The zero-order chi connectivity index (χ0) is 14.5. The van der Waals surface area contributed by atoms with Crippen LogP contribution in [0.15, 0.2) is 28.2 Å². The molecular weight excluding hydrogens is 259 g/mol. The van der Waals surface area contributed by atoms with Gasteiger partial charge in [0.2, 0.25) is 5.96 Å². The lowest BCUT2D eigenvalue weighted by Gasteiger charge is -2.30. The molecule has 1 saturated heterocycles. The number of aliphatic imine (C=N–C) groups is 2. The van der Waals surface area contributed by atoms with Gasteiger partial charge in [-0.2, -0.15) is 4.99 Å². The molecular formula is C13H19FN6. The number of rotatable bonds is 2. The largest absolute Gasteiger partial charge is 0.370 e. The Balaban J connectivity index is 2.38. The summed E-state index contributed by atoms with van der Waals surface area (Å²) < 4.78 is 14.1. The molecule has 0 unspecified atom stereocenters. The van der Waals surface area contributed by atoms with E-state index in [-0.39, 0.29) is 17.7 Å². The Hall–Kier alpha value is -2.31. The fraction of sp³-hybridized carbons (Fsp3) is 0.385. The summed E-state index contributed by atoms with van der Waals surface area (Å²) in [5.74, 6) is -0.582. The van der Waals surface area contributed by atoms with Crippen molar-refractivity contribution in [2.75, 3.05) is 18.0 Å². The van der Waals surface area contributed by atoms with Gasteiger partial charge in [-0.05, 0) is 31.4 Å². The van der Waals surface area contributed by atoms with E-state index in [1.165, 1.54) is 12.5 Å². The van der Waals surface area contributed by atoms with Crippen molar-refractivity contribution < 1.29 is 4.39 Å². The highest BCUT2D eigenvalue weighted by molar-refractivity contribution is 5.94. The number of guanidine groups is 2. The van der Waals surface area contributed by atoms with Gasteiger partial charge in [-0.15, -0.1) is 0 Å². The first kappa shape index (κ1) is 14.1. The number of benzene rings is 1. The minimum absolute atomic E-state index is 0.0890. The van der Waals surface area contributed by atoms with Crippen molar-refractivity contribution in [3.8, 4) is 0 Å². The highest BCUT2D eigenvalue weighted by Gasteiger charge is 2.18. The topological polar surface area (TPSA) is 106 Å². The first-order chi connectivity index (χ1) is 9.58. The predicted molar refractivity (Wildman–Crippen MR) is 79.6 cm³/mol. The zero-order valence-electron chi connectivity index (χ0n) is 11.2. The van der Waals surface area contributed by atoms with Crippen LogP contribution in [0.3, 0.4) is 0 Å². The van der Waals surface area contributed by atoms with Crippen LogP contribution < -0.4 is 22.1 Å². The average Bonchev–Trinajstić information content (AvgIpc) is 2.39. The van der Waals surface area contributed by atoms with Crippen LogP contribution in [0.5, 0.6) is 0 Å². The van der Waals surface area contributed by atoms with E-state index in [0.29, 0.717) is 11.4 Å². The van der Waals surface area contributed by atoms with Gasteiger partial charge >= 0.3 is 0 Å². The third kappa shape index (κ3) is 3.37. The number of nitrogens with zero attached hydrogens (tertiary/aromatic N) is 3. The maximum absolute atomic E-state index is 14.1. The zero-order valence-corrected chi connectivity index (χ0v) is 11.2. The number of halogens is 1. The van der Waals surface area contributed by atoms with E-state index in [1.807, 2.05) is 4.90 Å². The Morgan fingerprint density at radius 2 is 1.80 bits per heavy atom. The number of anilines is 1. The molecule has 7 heteroatoms. The van der Waals surface area contributed by atoms with Crippen LogP contribution in [0.1, 0.15) is 19.3 Å². The second-order valence-corrected chi connectivity index (χ2v) is 4.66. The molecule has 0 bridgehead atoms. The first-order valence-corrected chi connectivity index (χ1v) is 6.55. The SMILES string of the molecule is NC(N)=NC(N)=Nc1cccc(F)c1N1CCCCC1. The van der Waals surface area contributed by atoms with E-state index in [0.717, 1.165) is 25.9 Å². The smallest absolute Gasteiger partial charge is 0.223 e. The summed E-state index contributed by atoms with van der Waals surface area (Å²) in [5, 5.41) is 0. The third-order valence-corrected chi connectivity index (χ3v) is 3.12. The molecule has 0 saturated carbocycles. The lowest BCUT2D eigenvalue weighted by molar-refractivity contribution is 0.557. The van der Waals surface area contributed by atoms with Crippen molar-refractivity contribution in [2.45, 2.75) is 19.3 Å². The normalized spacial score (nSPS) is 16.1. The number of piperidine rings is 1. The molecule has 0 atom stereocenters. The third-order valence-electron chi connectivity index (χ3n) is 3.12. The van der Waals surface area contributed by atoms with Gasteiger partial charge in [0.05, 0.1) is 11.4 Å². The standard InChI is InChI=1S/C13H19FN6/c14-9-5-4-6-10(18-13(17)19-12(15)16)11(9)20-7-2-1-3-8-20/h4-6H,1-3,7-8H2,(H6,15,16,17,18,19). The van der Waals surface area contributed by atoms with Gasteiger partial charge in [-0.1, -0.05) is 6.07 Å². The van der Waals surface area contributed by atoms with Gasteiger partial charge in [-0.25, -0.2) is 9.38 Å². The van der Waals surface area contributed by atoms with E-state index in [4.69, 9.17) is 17.2 Å². The molecule has 20 heavy (non-hydrogen) atoms. The minimum atomic E-state index is -0.314. The van der Waals surface area contributed by atoms with Crippen molar-refractivity contribution in [1.82, 2.24) is 0 Å². The van der Waals surface area contributed by atoms with Crippen molar-refractivity contribution in [3.63, 3.8) is 0 Å². The van der Waals surface area contributed by atoms with Crippen molar-refractivity contribution >= 4 is 23.3 Å². The molecule has 0 amide bonds. The lowest BCUT2D eigenvalue weighted by atomic mass is 10.1. The van der Waals surface area contributed by atoms with Crippen LogP contribution in [0.2, 0.25) is 0 Å². The van der Waals surface area contributed by atoms with Gasteiger partial charge in [0, 0.05) is 13.1 Å². The van der Waals surface area contributed by atoms with Crippen molar-refractivity contribution in [3.05, 3.63) is 24.0 Å². The van der Waals surface area contributed by atoms with Gasteiger partial charge < -0.3 is 22.1 Å². The van der Waals surface area contributed by atoms with Crippen molar-refractivity contribution in [2.24, 2.45) is 27.2 Å². The van der Waals surface area contributed by atoms with E-state index >= 15 is 0 Å². The molecule has 1 aromatic rings. The summed E-state index contributed by atoms with van der Waals surface area (Å²) in [6, 6.07) is 4.70. The molecule has 1 aliphatic rings. The average molecular weight is 278 g/mol. The van der Waals surface area contributed by atoms with Crippen LogP contribution in [0, 0.1) is 5.82 Å². The Morgan fingerprint density at radius 3 is 2.45 bits per heavy atom. The summed E-state index contributed by atoms with van der Waals surface area (Å²) in [6.45, 7) is 1.62. The summed E-state index contributed by atoms with van der Waals surface area (Å²) in [7, 11) is 0. The molecule has 1 fully saturated rings. The van der Waals surface area contributed by atoms with Gasteiger partial charge in [-0.3, -0.25) is 0 Å². The summed E-state index contributed by atoms with van der Waals surface area (Å²) in [5.41, 5.74) is 17.0. The molecule has 6 N–H and O–H groups in total. The predicted octanol–water partition coefficient (Wildman–Crippen LogP) is 1.04. The molecule has 1 heterocycles. The van der Waals surface area contributed by atoms with Gasteiger partial charge in [0.15, 0.2) is 5.96 Å². The molecule has 108 valence electrons. The Kier molecular flexibility index (Phi) is 4.39. The lowest BCUT2D eigenvalue weighted by Crippen LogP contribution is -2.30. The number of hydrogen-bond acceptors (Lipinski definition) is 2.